The Morgan fingerprint density at radius 2 is 2.07 bits per heavy atom. The summed E-state index contributed by atoms with van der Waals surface area (Å²) in [5.41, 5.74) is 0. The highest BCUT2D eigenvalue weighted by atomic mass is 19.3. The van der Waals surface area contributed by atoms with Gasteiger partial charge in [-0.15, -0.1) is 0 Å². The molecule has 90 valence electrons. The Morgan fingerprint density at radius 1 is 1.33 bits per heavy atom. The summed E-state index contributed by atoms with van der Waals surface area (Å²) in [6, 6.07) is -0.576. The number of nitrogens with one attached hydrogen (secondary N) is 1. The van der Waals surface area contributed by atoms with E-state index >= 15 is 0 Å². The molecule has 0 spiro atoms. The highest BCUT2D eigenvalue weighted by molar-refractivity contribution is 4.83. The van der Waals surface area contributed by atoms with Crippen LogP contribution >= 0.6 is 0 Å². The highest BCUT2D eigenvalue weighted by Gasteiger charge is 2.31. The molecule has 3 atom stereocenters. The van der Waals surface area contributed by atoms with Crippen molar-refractivity contribution in [3.05, 3.63) is 0 Å². The lowest BCUT2D eigenvalue weighted by Gasteiger charge is -2.33. The van der Waals surface area contributed by atoms with Crippen molar-refractivity contribution < 1.29 is 8.78 Å². The average Bonchev–Trinajstić information content (AvgIpc) is 2.18. The van der Waals surface area contributed by atoms with E-state index in [2.05, 4.69) is 12.2 Å². The van der Waals surface area contributed by atoms with Gasteiger partial charge in [0.15, 0.2) is 0 Å². The molecule has 3 heteroatoms. The van der Waals surface area contributed by atoms with E-state index in [9.17, 15) is 8.78 Å². The third-order valence-corrected chi connectivity index (χ3v) is 3.39. The Kier molecular flexibility index (Phi) is 5.51. The van der Waals surface area contributed by atoms with E-state index < -0.39 is 12.5 Å². The lowest BCUT2D eigenvalue weighted by molar-refractivity contribution is 0.0512. The number of hydrogen-bond acceptors (Lipinski definition) is 1. The SMILES string of the molecule is CCCNC(C(F)F)C1CCCC(C)C1. The first-order chi connectivity index (χ1) is 7.15. The minimum Gasteiger partial charge on any atom is -0.309 e. The van der Waals surface area contributed by atoms with Crippen LogP contribution in [0.15, 0.2) is 0 Å². The van der Waals surface area contributed by atoms with Crippen LogP contribution in [0.3, 0.4) is 0 Å². The van der Waals surface area contributed by atoms with Gasteiger partial charge >= 0.3 is 0 Å². The van der Waals surface area contributed by atoms with Gasteiger partial charge in [-0.3, -0.25) is 0 Å². The zero-order valence-electron chi connectivity index (χ0n) is 9.81. The third-order valence-electron chi connectivity index (χ3n) is 3.39. The minimum absolute atomic E-state index is 0.181. The molecule has 0 aliphatic heterocycles. The largest absolute Gasteiger partial charge is 0.309 e. The zero-order chi connectivity index (χ0) is 11.3. The van der Waals surface area contributed by atoms with E-state index in [-0.39, 0.29) is 5.92 Å². The molecule has 15 heavy (non-hydrogen) atoms. The van der Waals surface area contributed by atoms with E-state index in [0.717, 1.165) is 25.7 Å². The van der Waals surface area contributed by atoms with Gasteiger partial charge < -0.3 is 5.32 Å². The van der Waals surface area contributed by atoms with Gasteiger partial charge in [-0.05, 0) is 37.6 Å². The van der Waals surface area contributed by atoms with Gasteiger partial charge in [0.2, 0.25) is 0 Å². The summed E-state index contributed by atoms with van der Waals surface area (Å²) in [6.45, 7) is 4.90. The smallest absolute Gasteiger partial charge is 0.253 e. The summed E-state index contributed by atoms with van der Waals surface area (Å²) < 4.78 is 25.7. The first-order valence-corrected chi connectivity index (χ1v) is 6.16. The molecule has 3 unspecified atom stereocenters. The van der Waals surface area contributed by atoms with Crippen molar-refractivity contribution in [2.45, 2.75) is 58.4 Å². The normalized spacial score (nSPS) is 29.4. The second-order valence-electron chi connectivity index (χ2n) is 4.85. The van der Waals surface area contributed by atoms with E-state index in [4.69, 9.17) is 0 Å². The van der Waals surface area contributed by atoms with Gasteiger partial charge in [-0.1, -0.05) is 26.7 Å². The van der Waals surface area contributed by atoms with Crippen molar-refractivity contribution in [3.63, 3.8) is 0 Å². The molecule has 0 heterocycles. The van der Waals surface area contributed by atoms with E-state index in [0.29, 0.717) is 12.5 Å². The third kappa shape index (κ3) is 4.06. The summed E-state index contributed by atoms with van der Waals surface area (Å²) in [5, 5.41) is 3.01. The molecule has 1 rings (SSSR count). The molecule has 0 saturated heterocycles. The molecular formula is C12H23F2N. The van der Waals surface area contributed by atoms with Crippen LogP contribution in [-0.2, 0) is 0 Å². The molecule has 0 amide bonds. The second kappa shape index (κ2) is 6.41. The lowest BCUT2D eigenvalue weighted by atomic mass is 9.78. The number of rotatable bonds is 5. The van der Waals surface area contributed by atoms with Crippen molar-refractivity contribution in [1.29, 1.82) is 0 Å². The number of halogens is 2. The van der Waals surface area contributed by atoms with Crippen molar-refractivity contribution in [3.8, 4) is 0 Å². The molecule has 0 aromatic heterocycles. The Morgan fingerprint density at radius 3 is 2.60 bits per heavy atom. The average molecular weight is 219 g/mol. The van der Waals surface area contributed by atoms with Gasteiger partial charge in [0.1, 0.15) is 0 Å². The monoisotopic (exact) mass is 219 g/mol. The van der Waals surface area contributed by atoms with E-state index in [1.807, 2.05) is 6.92 Å². The molecule has 1 N–H and O–H groups in total. The lowest BCUT2D eigenvalue weighted by Crippen LogP contribution is -2.43. The quantitative estimate of drug-likeness (QED) is 0.746. The molecule has 1 fully saturated rings. The van der Waals surface area contributed by atoms with Crippen LogP contribution in [0.5, 0.6) is 0 Å². The molecule has 0 bridgehead atoms. The van der Waals surface area contributed by atoms with Crippen molar-refractivity contribution in [1.82, 2.24) is 5.32 Å². The molecule has 1 saturated carbocycles. The van der Waals surface area contributed by atoms with Crippen LogP contribution in [0.25, 0.3) is 0 Å². The van der Waals surface area contributed by atoms with Gasteiger partial charge in [-0.2, -0.15) is 0 Å². The summed E-state index contributed by atoms with van der Waals surface area (Å²) in [6.07, 6.45) is 2.96. The maximum Gasteiger partial charge on any atom is 0.253 e. The maximum atomic E-state index is 12.9. The molecule has 1 aliphatic rings. The maximum absolute atomic E-state index is 12.9. The van der Waals surface area contributed by atoms with E-state index in [1.54, 1.807) is 0 Å². The van der Waals surface area contributed by atoms with Crippen LogP contribution in [0.2, 0.25) is 0 Å². The summed E-state index contributed by atoms with van der Waals surface area (Å²) in [4.78, 5) is 0. The summed E-state index contributed by atoms with van der Waals surface area (Å²) in [5.74, 6) is 0.800. The molecule has 0 radical (unpaired) electrons. The fraction of sp³-hybridized carbons (Fsp3) is 1.00. The Bertz CT molecular complexity index is 173. The molecule has 1 nitrogen and oxygen atoms in total. The van der Waals surface area contributed by atoms with Gasteiger partial charge in [0.25, 0.3) is 6.43 Å². The summed E-state index contributed by atoms with van der Waals surface area (Å²) in [7, 11) is 0. The molecule has 0 aromatic rings. The minimum atomic E-state index is -2.22. The van der Waals surface area contributed by atoms with Crippen LogP contribution in [0, 0.1) is 11.8 Å². The molecule has 0 aromatic carbocycles. The van der Waals surface area contributed by atoms with Crippen molar-refractivity contribution >= 4 is 0 Å². The highest BCUT2D eigenvalue weighted by Crippen LogP contribution is 2.32. The van der Waals surface area contributed by atoms with E-state index in [1.165, 1.54) is 6.42 Å². The summed E-state index contributed by atoms with van der Waals surface area (Å²) >= 11 is 0. The molecular weight excluding hydrogens is 196 g/mol. The first-order valence-electron chi connectivity index (χ1n) is 6.16. The predicted molar refractivity (Wildman–Crippen MR) is 59.2 cm³/mol. The Balaban J connectivity index is 2.46. The second-order valence-corrected chi connectivity index (χ2v) is 4.85. The standard InChI is InChI=1S/C12H23F2N/c1-3-7-15-11(12(13)14)10-6-4-5-9(2)8-10/h9-12,15H,3-8H2,1-2H3. The van der Waals surface area contributed by atoms with Crippen LogP contribution in [0.1, 0.15) is 46.0 Å². The van der Waals surface area contributed by atoms with Gasteiger partial charge in [0.05, 0.1) is 6.04 Å². The first kappa shape index (κ1) is 12.9. The van der Waals surface area contributed by atoms with Crippen molar-refractivity contribution in [2.24, 2.45) is 11.8 Å². The Hall–Kier alpha value is -0.180. The van der Waals surface area contributed by atoms with Crippen LogP contribution in [0.4, 0.5) is 8.78 Å². The van der Waals surface area contributed by atoms with Crippen molar-refractivity contribution in [2.75, 3.05) is 6.54 Å². The number of hydrogen-bond donors (Lipinski definition) is 1. The predicted octanol–water partition coefficient (Wildman–Crippen LogP) is 3.45. The number of alkyl halides is 2. The fourth-order valence-electron chi connectivity index (χ4n) is 2.58. The Labute approximate surface area is 91.6 Å². The van der Waals surface area contributed by atoms with Gasteiger partial charge in [-0.25, -0.2) is 8.78 Å². The van der Waals surface area contributed by atoms with Crippen LogP contribution in [-0.4, -0.2) is 19.0 Å². The zero-order valence-corrected chi connectivity index (χ0v) is 9.81. The topological polar surface area (TPSA) is 12.0 Å². The van der Waals surface area contributed by atoms with Gasteiger partial charge in [0, 0.05) is 0 Å². The fourth-order valence-corrected chi connectivity index (χ4v) is 2.58. The molecule has 1 aliphatic carbocycles. The van der Waals surface area contributed by atoms with Crippen LogP contribution < -0.4 is 5.32 Å².